The van der Waals surface area contributed by atoms with Crippen molar-refractivity contribution in [1.82, 2.24) is 0 Å². The maximum Gasteiger partial charge on any atom is 0.335 e. The van der Waals surface area contributed by atoms with Crippen LogP contribution >= 0.6 is 0 Å². The van der Waals surface area contributed by atoms with Crippen LogP contribution in [0.5, 0.6) is 0 Å². The molecule has 0 saturated carbocycles. The van der Waals surface area contributed by atoms with Crippen LogP contribution < -0.4 is 4.90 Å². The Bertz CT molecular complexity index is 414. The SMILES string of the molecule is C=C(C)C(=O)OC(C(C)O)N(C)c1ccccc1. The maximum absolute atomic E-state index is 11.5. The number of rotatable bonds is 5. The van der Waals surface area contributed by atoms with Gasteiger partial charge in [-0.3, -0.25) is 0 Å². The van der Waals surface area contributed by atoms with Gasteiger partial charge in [-0.2, -0.15) is 0 Å². The fourth-order valence-electron chi connectivity index (χ4n) is 1.52. The molecule has 98 valence electrons. The number of anilines is 1. The van der Waals surface area contributed by atoms with E-state index < -0.39 is 18.3 Å². The summed E-state index contributed by atoms with van der Waals surface area (Å²) in [5.74, 6) is -0.510. The van der Waals surface area contributed by atoms with Crippen LogP contribution in [0, 0.1) is 0 Å². The van der Waals surface area contributed by atoms with Gasteiger partial charge in [0.1, 0.15) is 6.10 Å². The fourth-order valence-corrected chi connectivity index (χ4v) is 1.52. The number of hydrogen-bond acceptors (Lipinski definition) is 4. The predicted octanol–water partition coefficient (Wildman–Crippen LogP) is 1.95. The van der Waals surface area contributed by atoms with E-state index in [0.717, 1.165) is 5.69 Å². The second kappa shape index (κ2) is 6.21. The van der Waals surface area contributed by atoms with Crippen molar-refractivity contribution < 1.29 is 14.6 Å². The first kappa shape index (κ1) is 14.3. The highest BCUT2D eigenvalue weighted by Gasteiger charge is 2.24. The number of aliphatic hydroxyl groups is 1. The molecule has 1 aromatic rings. The molecule has 0 aromatic heterocycles. The number of carbonyl (C=O) groups is 1. The lowest BCUT2D eigenvalue weighted by Crippen LogP contribution is -2.43. The first-order valence-corrected chi connectivity index (χ1v) is 5.76. The summed E-state index contributed by atoms with van der Waals surface area (Å²) < 4.78 is 5.23. The summed E-state index contributed by atoms with van der Waals surface area (Å²) in [4.78, 5) is 13.2. The molecule has 0 saturated heterocycles. The monoisotopic (exact) mass is 249 g/mol. The molecule has 0 amide bonds. The van der Waals surface area contributed by atoms with Crippen LogP contribution in [0.25, 0.3) is 0 Å². The summed E-state index contributed by atoms with van der Waals surface area (Å²) in [7, 11) is 1.76. The second-order valence-electron chi connectivity index (χ2n) is 4.26. The average Bonchev–Trinajstić information content (AvgIpc) is 2.35. The number of nitrogens with zero attached hydrogens (tertiary/aromatic N) is 1. The van der Waals surface area contributed by atoms with E-state index in [2.05, 4.69) is 6.58 Å². The number of benzene rings is 1. The number of carbonyl (C=O) groups excluding carboxylic acids is 1. The van der Waals surface area contributed by atoms with E-state index in [4.69, 9.17) is 4.74 Å². The van der Waals surface area contributed by atoms with Gasteiger partial charge in [-0.1, -0.05) is 24.8 Å². The van der Waals surface area contributed by atoms with Crippen LogP contribution in [0.15, 0.2) is 42.5 Å². The highest BCUT2D eigenvalue weighted by molar-refractivity contribution is 5.87. The Morgan fingerprint density at radius 1 is 1.39 bits per heavy atom. The molecule has 0 spiro atoms. The van der Waals surface area contributed by atoms with E-state index in [1.165, 1.54) is 0 Å². The smallest absolute Gasteiger partial charge is 0.335 e. The Labute approximate surface area is 107 Å². The molecule has 0 aliphatic heterocycles. The van der Waals surface area contributed by atoms with Crippen molar-refractivity contribution in [1.29, 1.82) is 0 Å². The second-order valence-corrected chi connectivity index (χ2v) is 4.26. The molecule has 0 bridgehead atoms. The van der Waals surface area contributed by atoms with Crippen LogP contribution in [0.1, 0.15) is 13.8 Å². The largest absolute Gasteiger partial charge is 0.435 e. The van der Waals surface area contributed by atoms with Crippen molar-refractivity contribution in [3.05, 3.63) is 42.5 Å². The van der Waals surface area contributed by atoms with Gasteiger partial charge in [-0.15, -0.1) is 0 Å². The number of ether oxygens (including phenoxy) is 1. The van der Waals surface area contributed by atoms with E-state index in [1.54, 1.807) is 25.8 Å². The highest BCUT2D eigenvalue weighted by atomic mass is 16.6. The zero-order valence-electron chi connectivity index (χ0n) is 11.0. The maximum atomic E-state index is 11.5. The van der Waals surface area contributed by atoms with Gasteiger partial charge in [0.25, 0.3) is 0 Å². The molecular weight excluding hydrogens is 230 g/mol. The summed E-state index contributed by atoms with van der Waals surface area (Å²) in [6, 6.07) is 9.42. The average molecular weight is 249 g/mol. The number of para-hydroxylation sites is 1. The molecule has 0 aliphatic carbocycles. The van der Waals surface area contributed by atoms with Crippen LogP contribution in [0.3, 0.4) is 0 Å². The fraction of sp³-hybridized carbons (Fsp3) is 0.357. The van der Waals surface area contributed by atoms with Crippen molar-refractivity contribution in [2.24, 2.45) is 0 Å². The van der Waals surface area contributed by atoms with E-state index in [0.29, 0.717) is 5.57 Å². The van der Waals surface area contributed by atoms with Crippen molar-refractivity contribution in [3.8, 4) is 0 Å². The summed E-state index contributed by atoms with van der Waals surface area (Å²) in [6.07, 6.45) is -1.55. The molecule has 1 aromatic carbocycles. The van der Waals surface area contributed by atoms with Crippen LogP contribution in [-0.2, 0) is 9.53 Å². The molecule has 0 heterocycles. The lowest BCUT2D eigenvalue weighted by atomic mass is 10.2. The van der Waals surface area contributed by atoms with Gasteiger partial charge in [-0.05, 0) is 26.0 Å². The van der Waals surface area contributed by atoms with Crippen LogP contribution in [0.2, 0.25) is 0 Å². The minimum absolute atomic E-state index is 0.308. The number of esters is 1. The molecule has 4 heteroatoms. The third-order valence-electron chi connectivity index (χ3n) is 2.53. The number of hydrogen-bond donors (Lipinski definition) is 1. The Morgan fingerprint density at radius 3 is 2.39 bits per heavy atom. The van der Waals surface area contributed by atoms with Gasteiger partial charge in [0, 0.05) is 18.3 Å². The molecular formula is C14H19NO3. The summed E-state index contributed by atoms with van der Waals surface area (Å²) in [5.41, 5.74) is 1.17. The normalized spacial score (nSPS) is 13.6. The minimum atomic E-state index is -0.807. The van der Waals surface area contributed by atoms with E-state index in [1.807, 2.05) is 30.3 Å². The summed E-state index contributed by atoms with van der Waals surface area (Å²) in [6.45, 7) is 6.68. The Balaban J connectivity index is 2.86. The molecule has 18 heavy (non-hydrogen) atoms. The number of aliphatic hydroxyl groups excluding tert-OH is 1. The van der Waals surface area contributed by atoms with E-state index in [-0.39, 0.29) is 0 Å². The van der Waals surface area contributed by atoms with Crippen molar-refractivity contribution in [3.63, 3.8) is 0 Å². The summed E-state index contributed by atoms with van der Waals surface area (Å²) >= 11 is 0. The first-order valence-electron chi connectivity index (χ1n) is 5.76. The molecule has 1 N–H and O–H groups in total. The van der Waals surface area contributed by atoms with Gasteiger partial charge < -0.3 is 14.7 Å². The Hall–Kier alpha value is -1.81. The molecule has 2 unspecified atom stereocenters. The first-order chi connectivity index (χ1) is 8.43. The van der Waals surface area contributed by atoms with Crippen LogP contribution in [-0.4, -0.2) is 30.5 Å². The molecule has 0 fully saturated rings. The standard InChI is InChI=1S/C14H19NO3/c1-10(2)14(17)18-13(11(3)16)15(4)12-8-6-5-7-9-12/h5-9,11,13,16H,1H2,2-4H3. The third kappa shape index (κ3) is 3.60. The van der Waals surface area contributed by atoms with Crippen molar-refractivity contribution >= 4 is 11.7 Å². The molecule has 4 nitrogen and oxygen atoms in total. The van der Waals surface area contributed by atoms with Gasteiger partial charge >= 0.3 is 5.97 Å². The summed E-state index contributed by atoms with van der Waals surface area (Å²) in [5, 5.41) is 9.73. The van der Waals surface area contributed by atoms with Crippen molar-refractivity contribution in [2.75, 3.05) is 11.9 Å². The lowest BCUT2D eigenvalue weighted by Gasteiger charge is -2.31. The minimum Gasteiger partial charge on any atom is -0.435 e. The molecule has 2 atom stereocenters. The quantitative estimate of drug-likeness (QED) is 0.492. The predicted molar refractivity (Wildman–Crippen MR) is 71.2 cm³/mol. The Morgan fingerprint density at radius 2 is 1.94 bits per heavy atom. The van der Waals surface area contributed by atoms with Gasteiger partial charge in [-0.25, -0.2) is 4.79 Å². The van der Waals surface area contributed by atoms with Crippen LogP contribution in [0.4, 0.5) is 5.69 Å². The topological polar surface area (TPSA) is 49.8 Å². The molecule has 1 rings (SSSR count). The lowest BCUT2D eigenvalue weighted by molar-refractivity contribution is -0.149. The van der Waals surface area contributed by atoms with E-state index >= 15 is 0 Å². The van der Waals surface area contributed by atoms with Crippen molar-refractivity contribution in [2.45, 2.75) is 26.2 Å². The van der Waals surface area contributed by atoms with E-state index in [9.17, 15) is 9.90 Å². The van der Waals surface area contributed by atoms with Gasteiger partial charge in [0.05, 0.1) is 0 Å². The van der Waals surface area contributed by atoms with Gasteiger partial charge in [0.2, 0.25) is 6.23 Å². The zero-order valence-corrected chi connectivity index (χ0v) is 11.0. The number of likely N-dealkylation sites (N-methyl/N-ethyl adjacent to an activating group) is 1. The third-order valence-corrected chi connectivity index (χ3v) is 2.53. The zero-order chi connectivity index (χ0) is 13.7. The van der Waals surface area contributed by atoms with Gasteiger partial charge in [0.15, 0.2) is 0 Å². The Kier molecular flexibility index (Phi) is 4.92. The molecule has 0 aliphatic rings. The highest BCUT2D eigenvalue weighted by Crippen LogP contribution is 2.17. The molecule has 0 radical (unpaired) electrons.